The van der Waals surface area contributed by atoms with E-state index in [4.69, 9.17) is 4.74 Å². The van der Waals surface area contributed by atoms with Crippen LogP contribution < -0.4 is 4.90 Å². The molecule has 2 amide bonds. The van der Waals surface area contributed by atoms with Crippen molar-refractivity contribution in [2.24, 2.45) is 5.92 Å². The summed E-state index contributed by atoms with van der Waals surface area (Å²) in [5, 5.41) is 0. The average molecular weight is 358 g/mol. The lowest BCUT2D eigenvalue weighted by Gasteiger charge is -2.30. The second-order valence-corrected chi connectivity index (χ2v) is 7.94. The fourth-order valence-electron chi connectivity index (χ4n) is 3.95. The number of para-hydroxylation sites is 1. The fourth-order valence-corrected chi connectivity index (χ4v) is 3.95. The molecule has 2 heterocycles. The van der Waals surface area contributed by atoms with Gasteiger partial charge in [0, 0.05) is 26.1 Å². The van der Waals surface area contributed by atoms with Crippen LogP contribution in [0.3, 0.4) is 0 Å². The summed E-state index contributed by atoms with van der Waals surface area (Å²) in [5.41, 5.74) is 3.40. The fraction of sp³-hybridized carbons (Fsp3) is 0.619. The van der Waals surface area contributed by atoms with E-state index in [9.17, 15) is 9.59 Å². The third-order valence-corrected chi connectivity index (χ3v) is 5.41. The molecule has 0 spiro atoms. The molecule has 5 heteroatoms. The largest absolute Gasteiger partial charge is 0.378 e. The molecule has 2 aliphatic heterocycles. The molecule has 0 aromatic heterocycles. The standard InChI is InChI=1S/C21H30N2O3/c1-14(2)17-6-5-7-18(15(3)4)20(17)23-13-16(12-19(23)24)21(25)22-8-10-26-11-9-22/h5-7,14-16H,8-13H2,1-4H3. The van der Waals surface area contributed by atoms with Gasteiger partial charge in [-0.2, -0.15) is 0 Å². The predicted molar refractivity (Wildman–Crippen MR) is 102 cm³/mol. The van der Waals surface area contributed by atoms with Crippen LogP contribution in [0, 0.1) is 5.92 Å². The maximum Gasteiger partial charge on any atom is 0.228 e. The molecule has 142 valence electrons. The zero-order valence-electron chi connectivity index (χ0n) is 16.3. The highest BCUT2D eigenvalue weighted by Gasteiger charge is 2.39. The van der Waals surface area contributed by atoms with Gasteiger partial charge in [0.05, 0.1) is 24.8 Å². The maximum absolute atomic E-state index is 12.9. The van der Waals surface area contributed by atoms with Crippen LogP contribution in [-0.2, 0) is 14.3 Å². The van der Waals surface area contributed by atoms with Gasteiger partial charge in [-0.25, -0.2) is 0 Å². The molecule has 26 heavy (non-hydrogen) atoms. The monoisotopic (exact) mass is 358 g/mol. The first kappa shape index (κ1) is 18.9. The predicted octanol–water partition coefficient (Wildman–Crippen LogP) is 3.15. The molecule has 1 aromatic rings. The normalized spacial score (nSPS) is 21.2. The SMILES string of the molecule is CC(C)c1cccc(C(C)C)c1N1CC(C(=O)N2CCOCC2)CC1=O. The summed E-state index contributed by atoms with van der Waals surface area (Å²) < 4.78 is 5.34. The molecule has 0 N–H and O–H groups in total. The Hall–Kier alpha value is -1.88. The minimum absolute atomic E-state index is 0.0617. The van der Waals surface area contributed by atoms with Gasteiger partial charge in [0.2, 0.25) is 11.8 Å². The minimum Gasteiger partial charge on any atom is -0.378 e. The van der Waals surface area contributed by atoms with Crippen LogP contribution >= 0.6 is 0 Å². The molecule has 0 radical (unpaired) electrons. The number of rotatable bonds is 4. The number of nitrogens with zero attached hydrogens (tertiary/aromatic N) is 2. The first-order chi connectivity index (χ1) is 12.4. The lowest BCUT2D eigenvalue weighted by Crippen LogP contribution is -2.44. The van der Waals surface area contributed by atoms with Gasteiger partial charge in [0.1, 0.15) is 0 Å². The number of hydrogen-bond donors (Lipinski definition) is 0. The zero-order valence-corrected chi connectivity index (χ0v) is 16.3. The Morgan fingerprint density at radius 3 is 2.19 bits per heavy atom. The van der Waals surface area contributed by atoms with Crippen LogP contribution in [0.5, 0.6) is 0 Å². The number of carbonyl (C=O) groups excluding carboxylic acids is 2. The van der Waals surface area contributed by atoms with Crippen LogP contribution in [0.4, 0.5) is 5.69 Å². The summed E-state index contributed by atoms with van der Waals surface area (Å²) in [5.74, 6) is 0.556. The van der Waals surface area contributed by atoms with E-state index in [-0.39, 0.29) is 17.7 Å². The molecule has 2 saturated heterocycles. The number of hydrogen-bond acceptors (Lipinski definition) is 3. The van der Waals surface area contributed by atoms with Crippen LogP contribution in [0.25, 0.3) is 0 Å². The van der Waals surface area contributed by atoms with Crippen molar-refractivity contribution in [3.05, 3.63) is 29.3 Å². The van der Waals surface area contributed by atoms with Gasteiger partial charge < -0.3 is 14.5 Å². The quantitative estimate of drug-likeness (QED) is 0.831. The Balaban J connectivity index is 1.88. The number of amides is 2. The molecular weight excluding hydrogens is 328 g/mol. The van der Waals surface area contributed by atoms with Crippen molar-refractivity contribution in [2.75, 3.05) is 37.7 Å². The van der Waals surface area contributed by atoms with Gasteiger partial charge in [-0.05, 0) is 23.0 Å². The van der Waals surface area contributed by atoms with E-state index in [1.807, 2.05) is 9.80 Å². The van der Waals surface area contributed by atoms with E-state index in [2.05, 4.69) is 45.9 Å². The molecule has 2 fully saturated rings. The van der Waals surface area contributed by atoms with Crippen molar-refractivity contribution in [2.45, 2.75) is 46.0 Å². The van der Waals surface area contributed by atoms with Crippen LogP contribution in [0.1, 0.15) is 57.1 Å². The zero-order chi connectivity index (χ0) is 18.8. The van der Waals surface area contributed by atoms with Crippen molar-refractivity contribution in [1.29, 1.82) is 0 Å². The van der Waals surface area contributed by atoms with Crippen molar-refractivity contribution < 1.29 is 14.3 Å². The van der Waals surface area contributed by atoms with E-state index in [0.717, 1.165) is 5.69 Å². The van der Waals surface area contributed by atoms with Gasteiger partial charge in [-0.15, -0.1) is 0 Å². The first-order valence-corrected chi connectivity index (χ1v) is 9.69. The number of anilines is 1. The highest BCUT2D eigenvalue weighted by molar-refractivity contribution is 6.01. The second kappa shape index (κ2) is 7.78. The summed E-state index contributed by atoms with van der Waals surface area (Å²) >= 11 is 0. The van der Waals surface area contributed by atoms with E-state index >= 15 is 0 Å². The minimum atomic E-state index is -0.249. The summed E-state index contributed by atoms with van der Waals surface area (Å²) in [6, 6.07) is 6.29. The molecular formula is C21H30N2O3. The molecule has 3 rings (SSSR count). The Kier molecular flexibility index (Phi) is 5.66. The van der Waals surface area contributed by atoms with E-state index < -0.39 is 0 Å². The summed E-state index contributed by atoms with van der Waals surface area (Å²) in [6.45, 7) is 11.5. The average Bonchev–Trinajstić information content (AvgIpc) is 3.02. The van der Waals surface area contributed by atoms with Gasteiger partial charge in [-0.3, -0.25) is 9.59 Å². The van der Waals surface area contributed by atoms with Crippen molar-refractivity contribution >= 4 is 17.5 Å². The van der Waals surface area contributed by atoms with Crippen molar-refractivity contribution in [3.63, 3.8) is 0 Å². The van der Waals surface area contributed by atoms with E-state index in [0.29, 0.717) is 51.1 Å². The molecule has 1 aromatic carbocycles. The van der Waals surface area contributed by atoms with E-state index in [1.165, 1.54) is 11.1 Å². The molecule has 0 bridgehead atoms. The van der Waals surface area contributed by atoms with Crippen LogP contribution in [0.15, 0.2) is 18.2 Å². The Labute approximate surface area is 156 Å². The Morgan fingerprint density at radius 2 is 1.65 bits per heavy atom. The van der Waals surface area contributed by atoms with Gasteiger partial charge in [0.15, 0.2) is 0 Å². The topological polar surface area (TPSA) is 49.9 Å². The second-order valence-electron chi connectivity index (χ2n) is 7.94. The van der Waals surface area contributed by atoms with Gasteiger partial charge >= 0.3 is 0 Å². The molecule has 1 atom stereocenters. The molecule has 1 unspecified atom stereocenters. The van der Waals surface area contributed by atoms with Gasteiger partial charge in [-0.1, -0.05) is 45.9 Å². The Morgan fingerprint density at radius 1 is 1.08 bits per heavy atom. The third kappa shape index (κ3) is 3.63. The highest BCUT2D eigenvalue weighted by Crippen LogP contribution is 2.38. The summed E-state index contributed by atoms with van der Waals surface area (Å²) in [6.07, 6.45) is 0.306. The number of ether oxygens (including phenoxy) is 1. The summed E-state index contributed by atoms with van der Waals surface area (Å²) in [7, 11) is 0. The van der Waals surface area contributed by atoms with E-state index in [1.54, 1.807) is 0 Å². The smallest absolute Gasteiger partial charge is 0.228 e. The van der Waals surface area contributed by atoms with Crippen LogP contribution in [0.2, 0.25) is 0 Å². The number of carbonyl (C=O) groups is 2. The van der Waals surface area contributed by atoms with Crippen molar-refractivity contribution in [3.8, 4) is 0 Å². The van der Waals surface area contributed by atoms with Crippen LogP contribution in [-0.4, -0.2) is 49.6 Å². The maximum atomic E-state index is 12.9. The highest BCUT2D eigenvalue weighted by atomic mass is 16.5. The molecule has 0 saturated carbocycles. The third-order valence-electron chi connectivity index (χ3n) is 5.41. The molecule has 2 aliphatic rings. The summed E-state index contributed by atoms with van der Waals surface area (Å²) in [4.78, 5) is 29.4. The van der Waals surface area contributed by atoms with Crippen molar-refractivity contribution in [1.82, 2.24) is 4.90 Å². The lowest BCUT2D eigenvalue weighted by molar-refractivity contribution is -0.139. The first-order valence-electron chi connectivity index (χ1n) is 9.69. The Bertz CT molecular complexity index is 652. The lowest BCUT2D eigenvalue weighted by atomic mass is 9.92. The number of morpholine rings is 1. The number of benzene rings is 1. The molecule has 5 nitrogen and oxygen atoms in total. The van der Waals surface area contributed by atoms with Gasteiger partial charge in [0.25, 0.3) is 0 Å². The molecule has 0 aliphatic carbocycles.